The Bertz CT molecular complexity index is 304. The molecule has 1 aliphatic heterocycles. The lowest BCUT2D eigenvalue weighted by Crippen LogP contribution is -2.36. The molecule has 15 heavy (non-hydrogen) atoms. The minimum atomic E-state index is -1.03. The smallest absolute Gasteiger partial charge is 0.323 e. The molecule has 1 aliphatic rings. The van der Waals surface area contributed by atoms with E-state index in [2.05, 4.69) is 0 Å². The summed E-state index contributed by atoms with van der Waals surface area (Å²) in [7, 11) is 0. The minimum Gasteiger partial charge on any atom is -0.480 e. The molecule has 0 aliphatic carbocycles. The maximum absolute atomic E-state index is 11.7. The summed E-state index contributed by atoms with van der Waals surface area (Å²) in [6, 6.07) is 0. The molecule has 1 atom stereocenters. The van der Waals surface area contributed by atoms with Gasteiger partial charge in [0.15, 0.2) is 0 Å². The fraction of sp³-hybridized carbons (Fsp3) is 0.667. The molecule has 1 N–H and O–H groups in total. The highest BCUT2D eigenvalue weighted by Crippen LogP contribution is 2.31. The van der Waals surface area contributed by atoms with Gasteiger partial charge in [-0.3, -0.25) is 14.5 Å². The van der Waals surface area contributed by atoms with E-state index in [1.807, 2.05) is 13.8 Å². The highest BCUT2D eigenvalue weighted by atomic mass is 32.2. The average molecular weight is 247 g/mol. The second-order valence-electron chi connectivity index (χ2n) is 3.82. The van der Waals surface area contributed by atoms with Gasteiger partial charge >= 0.3 is 5.97 Å². The van der Waals surface area contributed by atoms with Crippen LogP contribution >= 0.6 is 24.0 Å². The molecule has 6 heteroatoms. The number of hydrogen-bond donors (Lipinski definition) is 1. The standard InChI is InChI=1S/C9H13NO3S2/c1-5(2)3-6-8(13)10(4-7(11)12)9(14)15-6/h5-6H,3-4H2,1-2H3,(H,11,12). The van der Waals surface area contributed by atoms with Gasteiger partial charge in [-0.2, -0.15) is 0 Å². The largest absolute Gasteiger partial charge is 0.480 e. The Morgan fingerprint density at radius 3 is 2.73 bits per heavy atom. The number of thiocarbonyl (C=S) groups is 1. The molecule has 0 radical (unpaired) electrons. The maximum atomic E-state index is 11.7. The quantitative estimate of drug-likeness (QED) is 0.760. The van der Waals surface area contributed by atoms with Gasteiger partial charge in [0.05, 0.1) is 5.25 Å². The molecule has 1 saturated heterocycles. The summed E-state index contributed by atoms with van der Waals surface area (Å²) in [5, 5.41) is 8.42. The van der Waals surface area contributed by atoms with Gasteiger partial charge in [-0.05, 0) is 12.3 Å². The number of nitrogens with zero attached hydrogens (tertiary/aromatic N) is 1. The van der Waals surface area contributed by atoms with Gasteiger partial charge in [-0.1, -0.05) is 37.8 Å². The number of amides is 1. The number of rotatable bonds is 4. The molecule has 0 aromatic heterocycles. The molecule has 0 spiro atoms. The van der Waals surface area contributed by atoms with Crippen molar-refractivity contribution >= 4 is 40.2 Å². The number of carboxylic acid groups (broad SMARTS) is 1. The molecule has 1 heterocycles. The molecule has 1 amide bonds. The molecule has 84 valence electrons. The Labute approximate surface area is 98.0 Å². The van der Waals surface area contributed by atoms with Crippen LogP contribution in [0.25, 0.3) is 0 Å². The summed E-state index contributed by atoms with van der Waals surface area (Å²) < 4.78 is 0.382. The zero-order valence-corrected chi connectivity index (χ0v) is 10.2. The van der Waals surface area contributed by atoms with E-state index >= 15 is 0 Å². The van der Waals surface area contributed by atoms with Crippen molar-refractivity contribution in [1.29, 1.82) is 0 Å². The van der Waals surface area contributed by atoms with E-state index in [1.165, 1.54) is 16.7 Å². The van der Waals surface area contributed by atoms with Gasteiger partial charge in [0.1, 0.15) is 10.9 Å². The lowest BCUT2D eigenvalue weighted by Gasteiger charge is -2.13. The third-order valence-corrected chi connectivity index (χ3v) is 3.59. The fourth-order valence-electron chi connectivity index (χ4n) is 1.35. The Kier molecular flexibility index (Phi) is 4.10. The Balaban J connectivity index is 2.66. The first-order chi connectivity index (χ1) is 6.91. The normalized spacial score (nSPS) is 21.5. The van der Waals surface area contributed by atoms with E-state index in [4.69, 9.17) is 17.3 Å². The third-order valence-electron chi connectivity index (χ3n) is 1.98. The highest BCUT2D eigenvalue weighted by Gasteiger charge is 2.37. The van der Waals surface area contributed by atoms with E-state index in [0.29, 0.717) is 10.2 Å². The molecular weight excluding hydrogens is 234 g/mol. The topological polar surface area (TPSA) is 57.6 Å². The summed E-state index contributed by atoms with van der Waals surface area (Å²) in [6.45, 7) is 3.73. The van der Waals surface area contributed by atoms with Gasteiger partial charge in [-0.15, -0.1) is 0 Å². The number of carbonyl (C=O) groups excluding carboxylic acids is 1. The number of aliphatic carboxylic acids is 1. The predicted molar refractivity (Wildman–Crippen MR) is 62.8 cm³/mol. The van der Waals surface area contributed by atoms with Crippen LogP contribution in [-0.4, -0.2) is 38.0 Å². The number of carbonyl (C=O) groups is 2. The van der Waals surface area contributed by atoms with Gasteiger partial charge in [0.2, 0.25) is 5.91 Å². The van der Waals surface area contributed by atoms with Gasteiger partial charge in [0.25, 0.3) is 0 Å². The molecule has 0 saturated carbocycles. The first-order valence-electron chi connectivity index (χ1n) is 4.65. The highest BCUT2D eigenvalue weighted by molar-refractivity contribution is 8.24. The fourth-order valence-corrected chi connectivity index (χ4v) is 3.09. The molecule has 1 unspecified atom stereocenters. The number of hydrogen-bond acceptors (Lipinski definition) is 4. The van der Waals surface area contributed by atoms with Crippen molar-refractivity contribution in [3.8, 4) is 0 Å². The van der Waals surface area contributed by atoms with Crippen LogP contribution in [0.2, 0.25) is 0 Å². The van der Waals surface area contributed by atoms with Crippen LogP contribution < -0.4 is 0 Å². The zero-order chi connectivity index (χ0) is 11.6. The third kappa shape index (κ3) is 3.17. The van der Waals surface area contributed by atoms with Crippen LogP contribution in [0.3, 0.4) is 0 Å². The van der Waals surface area contributed by atoms with E-state index in [1.54, 1.807) is 0 Å². The van der Waals surface area contributed by atoms with Crippen molar-refractivity contribution in [3.05, 3.63) is 0 Å². The minimum absolute atomic E-state index is 0.166. The Morgan fingerprint density at radius 2 is 2.27 bits per heavy atom. The van der Waals surface area contributed by atoms with Crippen LogP contribution in [0, 0.1) is 5.92 Å². The zero-order valence-electron chi connectivity index (χ0n) is 8.60. The lowest BCUT2D eigenvalue weighted by molar-refractivity contribution is -0.141. The second-order valence-corrected chi connectivity index (χ2v) is 5.66. The second kappa shape index (κ2) is 4.94. The number of thioether (sulfide) groups is 1. The molecule has 0 bridgehead atoms. The van der Waals surface area contributed by atoms with Crippen molar-refractivity contribution < 1.29 is 14.7 Å². The molecule has 4 nitrogen and oxygen atoms in total. The van der Waals surface area contributed by atoms with E-state index in [9.17, 15) is 9.59 Å². The Hall–Kier alpha value is -0.620. The van der Waals surface area contributed by atoms with E-state index < -0.39 is 5.97 Å². The monoisotopic (exact) mass is 247 g/mol. The van der Waals surface area contributed by atoms with Crippen LogP contribution in [0.1, 0.15) is 20.3 Å². The summed E-state index contributed by atoms with van der Waals surface area (Å²) in [5.74, 6) is -0.795. The first kappa shape index (κ1) is 12.4. The summed E-state index contributed by atoms with van der Waals surface area (Å²) >= 11 is 6.27. The van der Waals surface area contributed by atoms with Gasteiger partial charge in [0, 0.05) is 0 Å². The van der Waals surface area contributed by atoms with E-state index in [-0.39, 0.29) is 17.7 Å². The van der Waals surface area contributed by atoms with Crippen molar-refractivity contribution in [2.24, 2.45) is 5.92 Å². The van der Waals surface area contributed by atoms with Crippen molar-refractivity contribution in [2.75, 3.05) is 6.54 Å². The SMILES string of the molecule is CC(C)CC1SC(=S)N(CC(=O)O)C1=O. The first-order valence-corrected chi connectivity index (χ1v) is 5.94. The van der Waals surface area contributed by atoms with Gasteiger partial charge in [-0.25, -0.2) is 0 Å². The van der Waals surface area contributed by atoms with Crippen molar-refractivity contribution in [3.63, 3.8) is 0 Å². The molecule has 1 rings (SSSR count). The van der Waals surface area contributed by atoms with Crippen LogP contribution in [-0.2, 0) is 9.59 Å². The molecule has 0 aromatic rings. The average Bonchev–Trinajstić information content (AvgIpc) is 2.31. The van der Waals surface area contributed by atoms with Crippen LogP contribution in [0.15, 0.2) is 0 Å². The van der Waals surface area contributed by atoms with E-state index in [0.717, 1.165) is 6.42 Å². The molecule has 0 aromatic carbocycles. The summed E-state index contributed by atoms with van der Waals surface area (Å²) in [4.78, 5) is 23.4. The molecular formula is C9H13NO3S2. The Morgan fingerprint density at radius 1 is 1.67 bits per heavy atom. The number of carboxylic acids is 1. The van der Waals surface area contributed by atoms with Crippen molar-refractivity contribution in [2.45, 2.75) is 25.5 Å². The predicted octanol–water partition coefficient (Wildman–Crippen LogP) is 1.35. The molecule has 1 fully saturated rings. The van der Waals surface area contributed by atoms with Crippen molar-refractivity contribution in [1.82, 2.24) is 4.90 Å². The van der Waals surface area contributed by atoms with Crippen LogP contribution in [0.4, 0.5) is 0 Å². The summed E-state index contributed by atoms with van der Waals surface area (Å²) in [5.41, 5.74) is 0. The maximum Gasteiger partial charge on any atom is 0.323 e. The van der Waals surface area contributed by atoms with Gasteiger partial charge < -0.3 is 5.11 Å². The summed E-state index contributed by atoms with van der Waals surface area (Å²) in [6.07, 6.45) is 0.736. The lowest BCUT2D eigenvalue weighted by atomic mass is 10.1. The van der Waals surface area contributed by atoms with Crippen LogP contribution in [0.5, 0.6) is 0 Å².